The van der Waals surface area contributed by atoms with Gasteiger partial charge in [-0.25, -0.2) is 8.42 Å². The summed E-state index contributed by atoms with van der Waals surface area (Å²) in [5.41, 5.74) is -1.68. The van der Waals surface area contributed by atoms with Crippen molar-refractivity contribution in [3.63, 3.8) is 0 Å². The number of hydrogen-bond donors (Lipinski definition) is 2. The van der Waals surface area contributed by atoms with Gasteiger partial charge in [0.05, 0.1) is 10.0 Å². The molecule has 1 aromatic carbocycles. The van der Waals surface area contributed by atoms with E-state index in [0.717, 1.165) is 0 Å². The Morgan fingerprint density at radius 2 is 1.74 bits per heavy atom. The first-order chi connectivity index (χ1) is 8.47. The largest absolute Gasteiger partial charge is 0.480 e. The fraction of sp³-hybridized carbons (Fsp3) is 0.300. The Morgan fingerprint density at radius 3 is 2.11 bits per heavy atom. The molecule has 106 valence electrons. The zero-order valence-electron chi connectivity index (χ0n) is 9.87. The van der Waals surface area contributed by atoms with Crippen molar-refractivity contribution in [2.45, 2.75) is 24.3 Å². The van der Waals surface area contributed by atoms with E-state index in [9.17, 15) is 13.2 Å². The van der Waals surface area contributed by atoms with Crippen molar-refractivity contribution < 1.29 is 18.3 Å². The highest BCUT2D eigenvalue weighted by Gasteiger charge is 2.35. The highest BCUT2D eigenvalue weighted by molar-refractivity contribution is 9.10. The molecule has 0 aromatic heterocycles. The molecule has 0 aliphatic carbocycles. The van der Waals surface area contributed by atoms with Crippen molar-refractivity contribution in [2.75, 3.05) is 0 Å². The minimum atomic E-state index is -4.16. The lowest BCUT2D eigenvalue weighted by Gasteiger charge is -2.21. The summed E-state index contributed by atoms with van der Waals surface area (Å²) >= 11 is 14.8. The van der Waals surface area contributed by atoms with Gasteiger partial charge in [-0.1, -0.05) is 39.1 Å². The Hall–Kier alpha value is -0.340. The normalized spacial score (nSPS) is 12.5. The van der Waals surface area contributed by atoms with Gasteiger partial charge in [-0.2, -0.15) is 4.72 Å². The maximum atomic E-state index is 12.1. The molecule has 0 aliphatic rings. The number of nitrogens with one attached hydrogen (secondary N) is 1. The lowest BCUT2D eigenvalue weighted by molar-refractivity contribution is -0.142. The average molecular weight is 391 g/mol. The van der Waals surface area contributed by atoms with Gasteiger partial charge in [0, 0.05) is 4.47 Å². The Bertz CT molecular complexity index is 607. The SMILES string of the molecule is CC(C)(NS(=O)(=O)c1c(Cl)cc(Br)cc1Cl)C(=O)O. The van der Waals surface area contributed by atoms with E-state index < -0.39 is 21.5 Å². The number of carboxylic acids is 1. The van der Waals surface area contributed by atoms with Crippen LogP contribution in [0.15, 0.2) is 21.5 Å². The molecule has 9 heteroatoms. The molecule has 19 heavy (non-hydrogen) atoms. The second kappa shape index (κ2) is 5.57. The van der Waals surface area contributed by atoms with Gasteiger partial charge in [-0.3, -0.25) is 4.79 Å². The van der Waals surface area contributed by atoms with Crippen molar-refractivity contribution in [1.29, 1.82) is 0 Å². The van der Waals surface area contributed by atoms with Gasteiger partial charge in [-0.05, 0) is 26.0 Å². The van der Waals surface area contributed by atoms with E-state index in [2.05, 4.69) is 15.9 Å². The van der Waals surface area contributed by atoms with Crippen molar-refractivity contribution in [3.05, 3.63) is 26.7 Å². The number of carbonyl (C=O) groups is 1. The summed E-state index contributed by atoms with van der Waals surface area (Å²) in [6.07, 6.45) is 0. The van der Waals surface area contributed by atoms with E-state index in [1.807, 2.05) is 4.72 Å². The quantitative estimate of drug-likeness (QED) is 0.827. The van der Waals surface area contributed by atoms with Gasteiger partial charge >= 0.3 is 5.97 Å². The summed E-state index contributed by atoms with van der Waals surface area (Å²) in [5, 5.41) is 8.73. The second-order valence-electron chi connectivity index (χ2n) is 4.23. The van der Waals surface area contributed by atoms with E-state index in [1.54, 1.807) is 0 Å². The van der Waals surface area contributed by atoms with E-state index >= 15 is 0 Å². The van der Waals surface area contributed by atoms with Crippen LogP contribution < -0.4 is 4.72 Å². The second-order valence-corrected chi connectivity index (χ2v) is 7.58. The molecule has 2 N–H and O–H groups in total. The van der Waals surface area contributed by atoms with Crippen LogP contribution in [0.1, 0.15) is 13.8 Å². The average Bonchev–Trinajstić information content (AvgIpc) is 2.12. The number of hydrogen-bond acceptors (Lipinski definition) is 3. The van der Waals surface area contributed by atoms with Gasteiger partial charge in [0.1, 0.15) is 10.4 Å². The Morgan fingerprint density at radius 1 is 1.32 bits per heavy atom. The summed E-state index contributed by atoms with van der Waals surface area (Å²) in [6, 6.07) is 2.71. The van der Waals surface area contributed by atoms with Gasteiger partial charge in [-0.15, -0.1) is 0 Å². The summed E-state index contributed by atoms with van der Waals surface area (Å²) < 4.78 is 26.8. The Labute approximate surface area is 129 Å². The molecule has 0 saturated heterocycles. The molecule has 0 radical (unpaired) electrons. The first-order valence-electron chi connectivity index (χ1n) is 4.89. The molecule has 0 unspecified atom stereocenters. The lowest BCUT2D eigenvalue weighted by atomic mass is 10.1. The minimum Gasteiger partial charge on any atom is -0.480 e. The Balaban J connectivity index is 3.34. The Kier molecular flexibility index (Phi) is 4.90. The van der Waals surface area contributed by atoms with Gasteiger partial charge < -0.3 is 5.11 Å². The number of sulfonamides is 1. The van der Waals surface area contributed by atoms with Crippen molar-refractivity contribution >= 4 is 55.1 Å². The predicted molar refractivity (Wildman–Crippen MR) is 76.2 cm³/mol. The third-order valence-corrected chi connectivity index (χ3v) is 5.19. The maximum Gasteiger partial charge on any atom is 0.324 e. The molecule has 1 rings (SSSR count). The highest BCUT2D eigenvalue weighted by atomic mass is 79.9. The molecule has 0 amide bonds. The number of carboxylic acid groups (broad SMARTS) is 1. The summed E-state index contributed by atoms with van der Waals surface area (Å²) in [4.78, 5) is 10.6. The van der Waals surface area contributed by atoms with Crippen LogP contribution in [0.3, 0.4) is 0 Å². The minimum absolute atomic E-state index is 0.104. The predicted octanol–water partition coefficient (Wildman–Crippen LogP) is 2.90. The van der Waals surface area contributed by atoms with Crippen molar-refractivity contribution in [3.8, 4) is 0 Å². The van der Waals surface area contributed by atoms with Crippen molar-refractivity contribution in [1.82, 2.24) is 4.72 Å². The van der Waals surface area contributed by atoms with Crippen LogP contribution in [0.5, 0.6) is 0 Å². The molecule has 0 bridgehead atoms. The fourth-order valence-electron chi connectivity index (χ4n) is 1.22. The molecule has 0 atom stereocenters. The van der Waals surface area contributed by atoms with E-state index in [-0.39, 0.29) is 14.9 Å². The molecular weight excluding hydrogens is 381 g/mol. The van der Waals surface area contributed by atoms with Crippen LogP contribution in [0.4, 0.5) is 0 Å². The van der Waals surface area contributed by atoms with Crippen LogP contribution in [-0.4, -0.2) is 25.0 Å². The smallest absolute Gasteiger partial charge is 0.324 e. The van der Waals surface area contributed by atoms with Gasteiger partial charge in [0.2, 0.25) is 10.0 Å². The number of aliphatic carboxylic acids is 1. The van der Waals surface area contributed by atoms with Gasteiger partial charge in [0.25, 0.3) is 0 Å². The standard InChI is InChI=1S/C10H10BrCl2NO4S/c1-10(2,9(15)16)14-19(17,18)8-6(12)3-5(11)4-7(8)13/h3-4,14H,1-2H3,(H,15,16). The summed E-state index contributed by atoms with van der Waals surface area (Å²) in [6.45, 7) is 2.43. The van der Waals surface area contributed by atoms with Crippen molar-refractivity contribution in [2.24, 2.45) is 0 Å². The van der Waals surface area contributed by atoms with Crippen LogP contribution in [0, 0.1) is 0 Å². The van der Waals surface area contributed by atoms with E-state index in [1.165, 1.54) is 26.0 Å². The summed E-state index contributed by atoms with van der Waals surface area (Å²) in [5.74, 6) is -1.32. The zero-order valence-corrected chi connectivity index (χ0v) is 13.8. The maximum absolute atomic E-state index is 12.1. The number of halogens is 3. The topological polar surface area (TPSA) is 83.5 Å². The van der Waals surface area contributed by atoms with Crippen LogP contribution >= 0.6 is 39.1 Å². The monoisotopic (exact) mass is 389 g/mol. The third-order valence-electron chi connectivity index (χ3n) is 2.16. The molecule has 0 spiro atoms. The molecule has 0 saturated carbocycles. The first-order valence-corrected chi connectivity index (χ1v) is 7.92. The van der Waals surface area contributed by atoms with Crippen LogP contribution in [0.2, 0.25) is 10.0 Å². The van der Waals surface area contributed by atoms with E-state index in [0.29, 0.717) is 4.47 Å². The molecule has 0 aliphatic heterocycles. The number of rotatable bonds is 4. The molecule has 1 aromatic rings. The first kappa shape index (κ1) is 16.7. The van der Waals surface area contributed by atoms with Crippen LogP contribution in [-0.2, 0) is 14.8 Å². The zero-order chi connectivity index (χ0) is 15.0. The highest BCUT2D eigenvalue weighted by Crippen LogP contribution is 2.33. The third kappa shape index (κ3) is 3.82. The molecule has 0 heterocycles. The summed E-state index contributed by atoms with van der Waals surface area (Å²) in [7, 11) is -4.16. The molecule has 0 fully saturated rings. The van der Waals surface area contributed by atoms with E-state index in [4.69, 9.17) is 28.3 Å². The van der Waals surface area contributed by atoms with Gasteiger partial charge in [0.15, 0.2) is 0 Å². The fourth-order valence-corrected chi connectivity index (χ4v) is 4.53. The van der Waals surface area contributed by atoms with Crippen LogP contribution in [0.25, 0.3) is 0 Å². The lowest BCUT2D eigenvalue weighted by Crippen LogP contribution is -2.49. The molecule has 5 nitrogen and oxygen atoms in total. The molecular formula is C10H10BrCl2NO4S. The number of benzene rings is 1.